The molecule has 0 radical (unpaired) electrons. The van der Waals surface area contributed by atoms with Crippen molar-refractivity contribution in [3.8, 4) is 0 Å². The maximum Gasteiger partial charge on any atom is 0.0605 e. The third kappa shape index (κ3) is 4.50. The van der Waals surface area contributed by atoms with Crippen molar-refractivity contribution in [2.45, 2.75) is 69.5 Å². The molecule has 0 saturated heterocycles. The van der Waals surface area contributed by atoms with E-state index in [1.165, 1.54) is 48.2 Å². The van der Waals surface area contributed by atoms with Crippen LogP contribution in [0.2, 0.25) is 0 Å². The van der Waals surface area contributed by atoms with Crippen molar-refractivity contribution in [2.75, 3.05) is 11.9 Å². The largest absolute Gasteiger partial charge is 0.382 e. The first-order valence-corrected chi connectivity index (χ1v) is 10.6. The molecule has 2 aliphatic rings. The minimum atomic E-state index is 0.383. The molecule has 3 atom stereocenters. The Hall–Kier alpha value is -1.91. The van der Waals surface area contributed by atoms with E-state index in [9.17, 15) is 0 Å². The van der Waals surface area contributed by atoms with E-state index in [1.807, 2.05) is 6.20 Å². The third-order valence-corrected chi connectivity index (χ3v) is 6.10. The number of nitrogens with zero attached hydrogens (tertiary/aromatic N) is 1. The Balaban J connectivity index is 1.43. The molecule has 1 unspecified atom stereocenters. The first-order chi connectivity index (χ1) is 13.3. The molecular weight excluding hydrogens is 332 g/mol. The van der Waals surface area contributed by atoms with Crippen LogP contribution in [0.4, 0.5) is 5.69 Å². The van der Waals surface area contributed by atoms with Gasteiger partial charge in [0.15, 0.2) is 0 Å². The average Bonchev–Trinajstić information content (AvgIpc) is 2.72. The van der Waals surface area contributed by atoms with Gasteiger partial charge in [-0.2, -0.15) is 0 Å². The molecule has 4 rings (SSSR count). The van der Waals surface area contributed by atoms with E-state index < -0.39 is 0 Å². The second-order valence-electron chi connectivity index (χ2n) is 8.06. The van der Waals surface area contributed by atoms with Crippen molar-refractivity contribution in [1.82, 2.24) is 10.3 Å². The summed E-state index contributed by atoms with van der Waals surface area (Å²) >= 11 is 0. The van der Waals surface area contributed by atoms with Crippen LogP contribution >= 0.6 is 0 Å². The van der Waals surface area contributed by atoms with Crippen LogP contribution in [0.3, 0.4) is 0 Å². The summed E-state index contributed by atoms with van der Waals surface area (Å²) in [6.07, 6.45) is 11.3. The first kappa shape index (κ1) is 18.5. The molecular formula is C23H32N4. The number of pyridine rings is 1. The summed E-state index contributed by atoms with van der Waals surface area (Å²) < 4.78 is 0. The summed E-state index contributed by atoms with van der Waals surface area (Å²) in [5.41, 5.74) is 11.3. The minimum absolute atomic E-state index is 0.383. The van der Waals surface area contributed by atoms with Crippen LogP contribution in [0.5, 0.6) is 0 Å². The van der Waals surface area contributed by atoms with Crippen LogP contribution in [-0.2, 0) is 12.8 Å². The van der Waals surface area contributed by atoms with Crippen molar-refractivity contribution in [3.05, 3.63) is 59.4 Å². The van der Waals surface area contributed by atoms with Crippen LogP contribution in [0.25, 0.3) is 0 Å². The Morgan fingerprint density at radius 3 is 2.93 bits per heavy atom. The molecule has 4 N–H and O–H groups in total. The van der Waals surface area contributed by atoms with Gasteiger partial charge in [-0.25, -0.2) is 0 Å². The van der Waals surface area contributed by atoms with Crippen LogP contribution < -0.4 is 16.4 Å². The molecule has 0 spiro atoms. The zero-order valence-corrected chi connectivity index (χ0v) is 16.2. The normalized spacial score (nSPS) is 22.4. The number of nitrogens with one attached hydrogen (secondary N) is 2. The van der Waals surface area contributed by atoms with E-state index in [2.05, 4.69) is 47.0 Å². The highest BCUT2D eigenvalue weighted by Gasteiger charge is 2.26. The average molecular weight is 365 g/mol. The van der Waals surface area contributed by atoms with Gasteiger partial charge in [0, 0.05) is 30.0 Å². The van der Waals surface area contributed by atoms with Gasteiger partial charge in [0.1, 0.15) is 0 Å². The topological polar surface area (TPSA) is 63.0 Å². The molecule has 4 heteroatoms. The van der Waals surface area contributed by atoms with Gasteiger partial charge < -0.3 is 16.4 Å². The molecule has 4 nitrogen and oxygen atoms in total. The second-order valence-corrected chi connectivity index (χ2v) is 8.06. The van der Waals surface area contributed by atoms with Crippen molar-refractivity contribution < 1.29 is 0 Å². The van der Waals surface area contributed by atoms with Gasteiger partial charge in [-0.15, -0.1) is 0 Å². The van der Waals surface area contributed by atoms with E-state index in [0.717, 1.165) is 32.2 Å². The molecule has 2 aromatic rings. The number of nitrogens with two attached hydrogens (primary N) is 1. The maximum absolute atomic E-state index is 5.83. The molecule has 144 valence electrons. The zero-order valence-electron chi connectivity index (χ0n) is 16.2. The number of fused-ring (bicyclic) bond motifs is 2. The molecule has 27 heavy (non-hydrogen) atoms. The predicted molar refractivity (Wildman–Crippen MR) is 112 cm³/mol. The monoisotopic (exact) mass is 364 g/mol. The number of aromatic nitrogens is 1. The van der Waals surface area contributed by atoms with Crippen LogP contribution in [-0.4, -0.2) is 23.6 Å². The lowest BCUT2D eigenvalue weighted by atomic mass is 9.89. The molecule has 1 aliphatic carbocycles. The number of para-hydroxylation sites is 1. The van der Waals surface area contributed by atoms with E-state index in [1.54, 1.807) is 0 Å². The lowest BCUT2D eigenvalue weighted by Crippen LogP contribution is -2.40. The van der Waals surface area contributed by atoms with Gasteiger partial charge in [0.2, 0.25) is 0 Å². The van der Waals surface area contributed by atoms with Gasteiger partial charge >= 0.3 is 0 Å². The fourth-order valence-electron chi connectivity index (χ4n) is 4.71. The van der Waals surface area contributed by atoms with E-state index in [0.29, 0.717) is 18.1 Å². The Labute approximate surface area is 163 Å². The lowest BCUT2D eigenvalue weighted by Gasteiger charge is -2.34. The fourth-order valence-corrected chi connectivity index (χ4v) is 4.71. The van der Waals surface area contributed by atoms with Crippen LogP contribution in [0, 0.1) is 0 Å². The molecule has 0 fully saturated rings. The number of benzene rings is 1. The zero-order chi connectivity index (χ0) is 18.5. The van der Waals surface area contributed by atoms with Crippen molar-refractivity contribution in [2.24, 2.45) is 5.73 Å². The van der Waals surface area contributed by atoms with Gasteiger partial charge in [-0.1, -0.05) is 24.3 Å². The van der Waals surface area contributed by atoms with E-state index in [4.69, 9.17) is 10.7 Å². The summed E-state index contributed by atoms with van der Waals surface area (Å²) in [4.78, 5) is 4.71. The molecule has 2 heterocycles. The highest BCUT2D eigenvalue weighted by Crippen LogP contribution is 2.30. The first-order valence-electron chi connectivity index (χ1n) is 10.6. The van der Waals surface area contributed by atoms with Gasteiger partial charge in [-0.05, 0) is 81.2 Å². The third-order valence-electron chi connectivity index (χ3n) is 6.10. The number of anilines is 1. The molecule has 1 aliphatic heterocycles. The quantitative estimate of drug-likeness (QED) is 0.695. The summed E-state index contributed by atoms with van der Waals surface area (Å²) in [6, 6.07) is 14.4. The Morgan fingerprint density at radius 1 is 1.11 bits per heavy atom. The molecule has 1 aromatic heterocycles. The predicted octanol–water partition coefficient (Wildman–Crippen LogP) is 3.97. The number of aryl methyl sites for hydroxylation is 2. The molecule has 0 saturated carbocycles. The van der Waals surface area contributed by atoms with E-state index >= 15 is 0 Å². The van der Waals surface area contributed by atoms with Crippen LogP contribution in [0.15, 0.2) is 42.6 Å². The highest BCUT2D eigenvalue weighted by molar-refractivity contribution is 5.53. The van der Waals surface area contributed by atoms with Gasteiger partial charge in [0.05, 0.1) is 5.69 Å². The SMILES string of the molecule is NCCCC(C[C@H]1CCc2ccccc2N1)N[C@H]1CCCc2cccnc21. The van der Waals surface area contributed by atoms with Crippen molar-refractivity contribution >= 4 is 5.69 Å². The maximum atomic E-state index is 5.83. The van der Waals surface area contributed by atoms with Crippen molar-refractivity contribution in [3.63, 3.8) is 0 Å². The lowest BCUT2D eigenvalue weighted by molar-refractivity contribution is 0.338. The summed E-state index contributed by atoms with van der Waals surface area (Å²) in [5.74, 6) is 0. The molecule has 0 bridgehead atoms. The second kappa shape index (κ2) is 8.85. The highest BCUT2D eigenvalue weighted by atomic mass is 15.0. The van der Waals surface area contributed by atoms with Crippen LogP contribution in [0.1, 0.15) is 61.4 Å². The Kier molecular flexibility index (Phi) is 6.05. The number of rotatable bonds is 7. The van der Waals surface area contributed by atoms with Gasteiger partial charge in [0.25, 0.3) is 0 Å². The fraction of sp³-hybridized carbons (Fsp3) is 0.522. The van der Waals surface area contributed by atoms with Gasteiger partial charge in [-0.3, -0.25) is 4.98 Å². The molecule has 1 aromatic carbocycles. The summed E-state index contributed by atoms with van der Waals surface area (Å²) in [5, 5.41) is 7.73. The Bertz CT molecular complexity index is 745. The standard InChI is InChI=1S/C23H32N4/c24-14-4-9-19(16-20-13-12-17-6-1-2-10-21(17)26-20)27-22-11-3-7-18-8-5-15-25-23(18)22/h1-2,5-6,8,10,15,19-20,22,26-27H,3-4,7,9,11-14,16,24H2/t19?,20-,22+/m1/s1. The minimum Gasteiger partial charge on any atom is -0.382 e. The van der Waals surface area contributed by atoms with Crippen molar-refractivity contribution in [1.29, 1.82) is 0 Å². The molecule has 0 amide bonds. The summed E-state index contributed by atoms with van der Waals surface area (Å²) in [6.45, 7) is 0.763. The number of hydrogen-bond acceptors (Lipinski definition) is 4. The van der Waals surface area contributed by atoms with E-state index in [-0.39, 0.29) is 0 Å². The number of hydrogen-bond donors (Lipinski definition) is 3. The smallest absolute Gasteiger partial charge is 0.0605 e. The summed E-state index contributed by atoms with van der Waals surface area (Å²) in [7, 11) is 0. The Morgan fingerprint density at radius 2 is 2.00 bits per heavy atom.